The molecule has 0 aromatic carbocycles. The van der Waals surface area contributed by atoms with E-state index in [1.807, 2.05) is 0 Å². The number of aliphatic hydroxyl groups excluding tert-OH is 1. The molecule has 0 fully saturated rings. The second-order valence-corrected chi connectivity index (χ2v) is 3.56. The van der Waals surface area contributed by atoms with Crippen LogP contribution in [0.4, 0.5) is 11.5 Å². The summed E-state index contributed by atoms with van der Waals surface area (Å²) in [7, 11) is 0. The SMILES string of the molecule is CCC(=O)Nc1ccc(NCC(C)O)nc1. The molecule has 0 bridgehead atoms. The van der Waals surface area contributed by atoms with Gasteiger partial charge in [0.15, 0.2) is 0 Å². The Morgan fingerprint density at radius 2 is 2.31 bits per heavy atom. The number of nitrogens with zero attached hydrogens (tertiary/aromatic N) is 1. The van der Waals surface area contributed by atoms with Crippen LogP contribution in [0.3, 0.4) is 0 Å². The van der Waals surface area contributed by atoms with Crippen molar-refractivity contribution in [3.63, 3.8) is 0 Å². The van der Waals surface area contributed by atoms with Gasteiger partial charge in [-0.2, -0.15) is 0 Å². The number of carbonyl (C=O) groups excluding carboxylic acids is 1. The second-order valence-electron chi connectivity index (χ2n) is 3.56. The first-order valence-corrected chi connectivity index (χ1v) is 5.29. The van der Waals surface area contributed by atoms with E-state index in [1.54, 1.807) is 32.2 Å². The van der Waals surface area contributed by atoms with E-state index in [2.05, 4.69) is 15.6 Å². The zero-order valence-corrected chi connectivity index (χ0v) is 9.53. The maximum Gasteiger partial charge on any atom is 0.224 e. The Kier molecular flexibility index (Phi) is 4.72. The summed E-state index contributed by atoms with van der Waals surface area (Å²) in [5.41, 5.74) is 0.675. The molecule has 88 valence electrons. The summed E-state index contributed by atoms with van der Waals surface area (Å²) in [6.07, 6.45) is 1.61. The van der Waals surface area contributed by atoms with Gasteiger partial charge in [-0.05, 0) is 19.1 Å². The molecule has 3 N–H and O–H groups in total. The van der Waals surface area contributed by atoms with Crippen LogP contribution < -0.4 is 10.6 Å². The van der Waals surface area contributed by atoms with Gasteiger partial charge < -0.3 is 15.7 Å². The molecule has 0 saturated carbocycles. The van der Waals surface area contributed by atoms with E-state index < -0.39 is 6.10 Å². The average Bonchev–Trinajstić information content (AvgIpc) is 2.28. The van der Waals surface area contributed by atoms with Gasteiger partial charge in [0, 0.05) is 13.0 Å². The normalized spacial score (nSPS) is 11.9. The summed E-state index contributed by atoms with van der Waals surface area (Å²) in [6, 6.07) is 3.53. The summed E-state index contributed by atoms with van der Waals surface area (Å²) in [5.74, 6) is 0.641. The van der Waals surface area contributed by atoms with Crippen molar-refractivity contribution in [1.82, 2.24) is 4.98 Å². The lowest BCUT2D eigenvalue weighted by Gasteiger charge is -2.08. The highest BCUT2D eigenvalue weighted by atomic mass is 16.3. The summed E-state index contributed by atoms with van der Waals surface area (Å²) < 4.78 is 0. The number of nitrogens with one attached hydrogen (secondary N) is 2. The standard InChI is InChI=1S/C11H17N3O2/c1-3-11(16)14-9-4-5-10(13-7-9)12-6-8(2)15/h4-5,7-8,15H,3,6H2,1-2H3,(H,12,13)(H,14,16). The van der Waals surface area contributed by atoms with Gasteiger partial charge in [-0.1, -0.05) is 6.92 Å². The highest BCUT2D eigenvalue weighted by Crippen LogP contribution is 2.09. The molecule has 1 atom stereocenters. The maximum absolute atomic E-state index is 11.1. The predicted molar refractivity (Wildman–Crippen MR) is 63.3 cm³/mol. The molecule has 0 aliphatic rings. The number of carbonyl (C=O) groups is 1. The lowest BCUT2D eigenvalue weighted by molar-refractivity contribution is -0.115. The molecule has 5 nitrogen and oxygen atoms in total. The third-order valence-corrected chi connectivity index (χ3v) is 1.95. The molecule has 1 aromatic heterocycles. The van der Waals surface area contributed by atoms with Crippen molar-refractivity contribution >= 4 is 17.4 Å². The molecule has 0 aliphatic carbocycles. The third-order valence-electron chi connectivity index (χ3n) is 1.95. The van der Waals surface area contributed by atoms with E-state index >= 15 is 0 Å². The van der Waals surface area contributed by atoms with E-state index in [1.165, 1.54) is 0 Å². The first kappa shape index (κ1) is 12.4. The van der Waals surface area contributed by atoms with Crippen molar-refractivity contribution in [3.05, 3.63) is 18.3 Å². The van der Waals surface area contributed by atoms with E-state index in [4.69, 9.17) is 5.11 Å². The number of aromatic nitrogens is 1. The molecule has 0 radical (unpaired) electrons. The van der Waals surface area contributed by atoms with Crippen molar-refractivity contribution in [2.24, 2.45) is 0 Å². The van der Waals surface area contributed by atoms with Gasteiger partial charge in [-0.15, -0.1) is 0 Å². The molecular formula is C11H17N3O2. The number of rotatable bonds is 5. The van der Waals surface area contributed by atoms with E-state index in [9.17, 15) is 4.79 Å². The Morgan fingerprint density at radius 1 is 1.56 bits per heavy atom. The minimum atomic E-state index is -0.415. The predicted octanol–water partition coefficient (Wildman–Crippen LogP) is 1.22. The zero-order chi connectivity index (χ0) is 12.0. The van der Waals surface area contributed by atoms with E-state index in [0.717, 1.165) is 0 Å². The molecule has 0 aliphatic heterocycles. The molecule has 1 unspecified atom stereocenters. The van der Waals surface area contributed by atoms with Crippen LogP contribution in [0, 0.1) is 0 Å². The highest BCUT2D eigenvalue weighted by Gasteiger charge is 2.00. The molecule has 1 aromatic rings. The van der Waals surface area contributed by atoms with Crippen molar-refractivity contribution in [3.8, 4) is 0 Å². The molecule has 1 rings (SSSR count). The van der Waals surface area contributed by atoms with Gasteiger partial charge in [-0.3, -0.25) is 4.79 Å². The van der Waals surface area contributed by atoms with Crippen LogP contribution in [0.1, 0.15) is 20.3 Å². The van der Waals surface area contributed by atoms with Gasteiger partial charge in [0.1, 0.15) is 5.82 Å². The fraction of sp³-hybridized carbons (Fsp3) is 0.455. The number of aliphatic hydroxyl groups is 1. The first-order chi connectivity index (χ1) is 7.61. The largest absolute Gasteiger partial charge is 0.392 e. The van der Waals surface area contributed by atoms with Gasteiger partial charge in [-0.25, -0.2) is 4.98 Å². The monoisotopic (exact) mass is 223 g/mol. The Labute approximate surface area is 94.9 Å². The summed E-state index contributed by atoms with van der Waals surface area (Å²) in [6.45, 7) is 3.94. The number of anilines is 2. The molecule has 1 heterocycles. The zero-order valence-electron chi connectivity index (χ0n) is 9.53. The molecule has 1 amide bonds. The third kappa shape index (κ3) is 4.27. The van der Waals surface area contributed by atoms with Crippen LogP contribution in [0.2, 0.25) is 0 Å². The fourth-order valence-electron chi connectivity index (χ4n) is 1.07. The topological polar surface area (TPSA) is 74.2 Å². The van der Waals surface area contributed by atoms with Crippen LogP contribution >= 0.6 is 0 Å². The Balaban J connectivity index is 2.51. The molecule has 0 saturated heterocycles. The summed E-state index contributed by atoms with van der Waals surface area (Å²) >= 11 is 0. The van der Waals surface area contributed by atoms with E-state index in [0.29, 0.717) is 24.5 Å². The Hall–Kier alpha value is -1.62. The lowest BCUT2D eigenvalue weighted by Crippen LogP contribution is -2.16. The summed E-state index contributed by atoms with van der Waals surface area (Å²) in [5, 5.41) is 14.7. The highest BCUT2D eigenvalue weighted by molar-refractivity contribution is 5.90. The molecular weight excluding hydrogens is 206 g/mol. The van der Waals surface area contributed by atoms with Crippen LogP contribution in [0.25, 0.3) is 0 Å². The number of amides is 1. The first-order valence-electron chi connectivity index (χ1n) is 5.29. The average molecular weight is 223 g/mol. The van der Waals surface area contributed by atoms with Crippen LogP contribution in [-0.4, -0.2) is 28.6 Å². The van der Waals surface area contributed by atoms with Crippen LogP contribution in [0.5, 0.6) is 0 Å². The number of hydrogen-bond donors (Lipinski definition) is 3. The minimum Gasteiger partial charge on any atom is -0.392 e. The molecule has 5 heteroatoms. The second kappa shape index (κ2) is 6.07. The van der Waals surface area contributed by atoms with Gasteiger partial charge >= 0.3 is 0 Å². The fourth-order valence-corrected chi connectivity index (χ4v) is 1.07. The maximum atomic E-state index is 11.1. The van der Waals surface area contributed by atoms with Crippen LogP contribution in [-0.2, 0) is 4.79 Å². The van der Waals surface area contributed by atoms with Gasteiger partial charge in [0.2, 0.25) is 5.91 Å². The number of pyridine rings is 1. The van der Waals surface area contributed by atoms with E-state index in [-0.39, 0.29) is 5.91 Å². The van der Waals surface area contributed by atoms with Gasteiger partial charge in [0.25, 0.3) is 0 Å². The van der Waals surface area contributed by atoms with Crippen molar-refractivity contribution in [2.45, 2.75) is 26.4 Å². The Bertz CT molecular complexity index is 336. The lowest BCUT2D eigenvalue weighted by atomic mass is 10.3. The minimum absolute atomic E-state index is 0.0357. The Morgan fingerprint density at radius 3 is 2.81 bits per heavy atom. The molecule has 0 spiro atoms. The molecule has 16 heavy (non-hydrogen) atoms. The number of hydrogen-bond acceptors (Lipinski definition) is 4. The summed E-state index contributed by atoms with van der Waals surface area (Å²) in [4.78, 5) is 15.2. The smallest absolute Gasteiger partial charge is 0.224 e. The van der Waals surface area contributed by atoms with Crippen molar-refractivity contribution < 1.29 is 9.90 Å². The quantitative estimate of drug-likeness (QED) is 0.701. The van der Waals surface area contributed by atoms with Crippen molar-refractivity contribution in [2.75, 3.05) is 17.2 Å². The van der Waals surface area contributed by atoms with Crippen molar-refractivity contribution in [1.29, 1.82) is 0 Å². The van der Waals surface area contributed by atoms with Gasteiger partial charge in [0.05, 0.1) is 18.0 Å². The van der Waals surface area contributed by atoms with Crippen LogP contribution in [0.15, 0.2) is 18.3 Å².